The Kier molecular flexibility index (Phi) is 3.03. The molecule has 1 aromatic rings. The van der Waals surface area contributed by atoms with Crippen LogP contribution in [0.15, 0.2) is 17.5 Å². The van der Waals surface area contributed by atoms with Gasteiger partial charge >= 0.3 is 5.97 Å². The van der Waals surface area contributed by atoms with Gasteiger partial charge in [0.2, 0.25) is 5.78 Å². The molecule has 0 aliphatic carbocycles. The molecule has 0 spiro atoms. The molecule has 76 valence electrons. The average molecular weight is 213 g/mol. The second-order valence-corrected chi connectivity index (χ2v) is 3.88. The van der Waals surface area contributed by atoms with Gasteiger partial charge in [0.25, 0.3) is 0 Å². The number of Topliss-reactive ketones (excluding diaryl/α,β-unsaturated/α-hetero) is 1. The fourth-order valence-corrected chi connectivity index (χ4v) is 1.79. The van der Waals surface area contributed by atoms with Gasteiger partial charge in [0, 0.05) is 0 Å². The molecule has 1 rings (SSSR count). The Morgan fingerprint density at radius 1 is 1.64 bits per heavy atom. The van der Waals surface area contributed by atoms with Crippen LogP contribution in [0, 0.1) is 0 Å². The van der Waals surface area contributed by atoms with Crippen LogP contribution in [0.4, 0.5) is 0 Å². The highest BCUT2D eigenvalue weighted by atomic mass is 32.1. The van der Waals surface area contributed by atoms with E-state index in [1.54, 1.807) is 24.4 Å². The highest BCUT2D eigenvalue weighted by Crippen LogP contribution is 2.19. The van der Waals surface area contributed by atoms with Crippen LogP contribution in [0.3, 0.4) is 0 Å². The zero-order valence-corrected chi connectivity index (χ0v) is 8.50. The van der Waals surface area contributed by atoms with Crippen molar-refractivity contribution in [2.24, 2.45) is 5.73 Å². The monoisotopic (exact) mass is 213 g/mol. The molecule has 0 aliphatic heterocycles. The summed E-state index contributed by atoms with van der Waals surface area (Å²) in [6.07, 6.45) is 0.0824. The van der Waals surface area contributed by atoms with E-state index in [1.807, 2.05) is 0 Å². The van der Waals surface area contributed by atoms with Crippen LogP contribution in [-0.4, -0.2) is 22.4 Å². The first kappa shape index (κ1) is 10.9. The Balaban J connectivity index is 3.03. The molecule has 1 unspecified atom stereocenters. The van der Waals surface area contributed by atoms with E-state index in [2.05, 4.69) is 0 Å². The molecule has 3 N–H and O–H groups in total. The van der Waals surface area contributed by atoms with Gasteiger partial charge in [0.15, 0.2) is 5.54 Å². The van der Waals surface area contributed by atoms with E-state index in [0.29, 0.717) is 4.88 Å². The normalized spacial score (nSPS) is 14.7. The molecule has 14 heavy (non-hydrogen) atoms. The molecule has 0 fully saturated rings. The number of nitrogens with two attached hydrogens (primary N) is 1. The maximum atomic E-state index is 11.7. The summed E-state index contributed by atoms with van der Waals surface area (Å²) in [5.41, 5.74) is 3.75. The second-order valence-electron chi connectivity index (χ2n) is 2.94. The number of hydrogen-bond acceptors (Lipinski definition) is 4. The van der Waals surface area contributed by atoms with E-state index >= 15 is 0 Å². The van der Waals surface area contributed by atoms with Crippen LogP contribution in [0.5, 0.6) is 0 Å². The molecular formula is C9H11NO3S. The maximum absolute atomic E-state index is 11.7. The number of carboxylic acids is 1. The van der Waals surface area contributed by atoms with Gasteiger partial charge in [-0.05, 0) is 17.9 Å². The van der Waals surface area contributed by atoms with E-state index in [1.165, 1.54) is 11.3 Å². The Morgan fingerprint density at radius 2 is 2.29 bits per heavy atom. The van der Waals surface area contributed by atoms with Crippen molar-refractivity contribution >= 4 is 23.1 Å². The number of carbonyl (C=O) groups excluding carboxylic acids is 1. The van der Waals surface area contributed by atoms with Gasteiger partial charge in [-0.1, -0.05) is 13.0 Å². The predicted octanol–water partition coefficient (Wildman–Crippen LogP) is 1.12. The van der Waals surface area contributed by atoms with Gasteiger partial charge < -0.3 is 10.8 Å². The lowest BCUT2D eigenvalue weighted by Crippen LogP contribution is -2.54. The molecule has 0 amide bonds. The molecule has 4 nitrogen and oxygen atoms in total. The molecule has 0 radical (unpaired) electrons. The lowest BCUT2D eigenvalue weighted by atomic mass is 9.91. The first-order valence-corrected chi connectivity index (χ1v) is 5.01. The van der Waals surface area contributed by atoms with Gasteiger partial charge in [-0.25, -0.2) is 4.79 Å². The molecule has 1 atom stereocenters. The van der Waals surface area contributed by atoms with Crippen LogP contribution < -0.4 is 5.73 Å². The quantitative estimate of drug-likeness (QED) is 0.580. The highest BCUT2D eigenvalue weighted by Gasteiger charge is 2.41. The van der Waals surface area contributed by atoms with Crippen LogP contribution in [-0.2, 0) is 4.79 Å². The molecule has 5 heteroatoms. The maximum Gasteiger partial charge on any atom is 0.331 e. The first-order valence-electron chi connectivity index (χ1n) is 4.13. The molecule has 0 saturated heterocycles. The standard InChI is InChI=1S/C9H11NO3S/c1-2-9(10,8(12)13)7(11)6-4-3-5-14-6/h3-5H,2,10H2,1H3,(H,12,13). The smallest absolute Gasteiger partial charge is 0.331 e. The number of ketones is 1. The van der Waals surface area contributed by atoms with E-state index < -0.39 is 17.3 Å². The van der Waals surface area contributed by atoms with Crippen molar-refractivity contribution in [3.8, 4) is 0 Å². The lowest BCUT2D eigenvalue weighted by Gasteiger charge is -2.20. The zero-order valence-electron chi connectivity index (χ0n) is 7.69. The minimum absolute atomic E-state index is 0.0824. The SMILES string of the molecule is CCC(N)(C(=O)O)C(=O)c1cccs1. The van der Waals surface area contributed by atoms with Gasteiger partial charge in [-0.2, -0.15) is 0 Å². The summed E-state index contributed by atoms with van der Waals surface area (Å²) in [5, 5.41) is 10.6. The number of thiophene rings is 1. The molecular weight excluding hydrogens is 202 g/mol. The van der Waals surface area contributed by atoms with Crippen molar-refractivity contribution in [3.05, 3.63) is 22.4 Å². The summed E-state index contributed by atoms with van der Waals surface area (Å²) in [7, 11) is 0. The summed E-state index contributed by atoms with van der Waals surface area (Å²) in [6.45, 7) is 1.58. The van der Waals surface area contributed by atoms with Crippen molar-refractivity contribution in [1.29, 1.82) is 0 Å². The van der Waals surface area contributed by atoms with Crippen LogP contribution in [0.25, 0.3) is 0 Å². The third kappa shape index (κ3) is 1.69. The Hall–Kier alpha value is -1.20. The van der Waals surface area contributed by atoms with Crippen LogP contribution in [0.2, 0.25) is 0 Å². The second kappa shape index (κ2) is 3.89. The first-order chi connectivity index (χ1) is 6.52. The van der Waals surface area contributed by atoms with Crippen LogP contribution >= 0.6 is 11.3 Å². The Morgan fingerprint density at radius 3 is 2.64 bits per heavy atom. The topological polar surface area (TPSA) is 80.4 Å². The summed E-state index contributed by atoms with van der Waals surface area (Å²) >= 11 is 1.20. The number of rotatable bonds is 4. The minimum atomic E-state index is -1.79. The molecule has 0 saturated carbocycles. The van der Waals surface area contributed by atoms with Crippen molar-refractivity contribution in [2.75, 3.05) is 0 Å². The summed E-state index contributed by atoms with van der Waals surface area (Å²) in [5.74, 6) is -1.80. The van der Waals surface area contributed by atoms with E-state index in [4.69, 9.17) is 10.8 Å². The third-order valence-electron chi connectivity index (χ3n) is 2.09. The lowest BCUT2D eigenvalue weighted by molar-refractivity contribution is -0.141. The number of carboxylic acid groups (broad SMARTS) is 1. The van der Waals surface area contributed by atoms with E-state index in [-0.39, 0.29) is 6.42 Å². The van der Waals surface area contributed by atoms with Gasteiger partial charge in [-0.15, -0.1) is 11.3 Å². The number of hydrogen-bond donors (Lipinski definition) is 2. The van der Waals surface area contributed by atoms with E-state index in [0.717, 1.165) is 0 Å². The highest BCUT2D eigenvalue weighted by molar-refractivity contribution is 7.12. The zero-order chi connectivity index (χ0) is 10.8. The molecule has 1 aromatic heterocycles. The summed E-state index contributed by atoms with van der Waals surface area (Å²) in [6, 6.07) is 3.27. The van der Waals surface area contributed by atoms with Crippen molar-refractivity contribution in [2.45, 2.75) is 18.9 Å². The Bertz CT molecular complexity index is 347. The minimum Gasteiger partial charge on any atom is -0.480 e. The number of aliphatic carboxylic acids is 1. The summed E-state index contributed by atoms with van der Waals surface area (Å²) in [4.78, 5) is 22.9. The van der Waals surface area contributed by atoms with Crippen LogP contribution in [0.1, 0.15) is 23.0 Å². The van der Waals surface area contributed by atoms with Crippen molar-refractivity contribution < 1.29 is 14.7 Å². The fourth-order valence-electron chi connectivity index (χ4n) is 1.04. The predicted molar refractivity (Wildman–Crippen MR) is 53.5 cm³/mol. The Labute approximate surface area is 85.4 Å². The third-order valence-corrected chi connectivity index (χ3v) is 2.96. The van der Waals surface area contributed by atoms with Gasteiger partial charge in [-0.3, -0.25) is 4.79 Å². The average Bonchev–Trinajstić information content (AvgIpc) is 2.67. The summed E-state index contributed by atoms with van der Waals surface area (Å²) < 4.78 is 0. The molecule has 0 aliphatic rings. The van der Waals surface area contributed by atoms with Gasteiger partial charge in [0.1, 0.15) is 0 Å². The molecule has 0 aromatic carbocycles. The fraction of sp³-hybridized carbons (Fsp3) is 0.333. The van der Waals surface area contributed by atoms with E-state index in [9.17, 15) is 9.59 Å². The largest absolute Gasteiger partial charge is 0.480 e. The molecule has 1 heterocycles. The number of carbonyl (C=O) groups is 2. The van der Waals surface area contributed by atoms with Crippen molar-refractivity contribution in [3.63, 3.8) is 0 Å². The van der Waals surface area contributed by atoms with Crippen molar-refractivity contribution in [1.82, 2.24) is 0 Å². The van der Waals surface area contributed by atoms with Gasteiger partial charge in [0.05, 0.1) is 4.88 Å². The molecule has 0 bridgehead atoms.